The second kappa shape index (κ2) is 4.18. The van der Waals surface area contributed by atoms with Crippen LogP contribution in [-0.4, -0.2) is 10.7 Å². The zero-order chi connectivity index (χ0) is 13.7. The third kappa shape index (κ3) is 1.79. The van der Waals surface area contributed by atoms with Gasteiger partial charge in [0, 0.05) is 5.56 Å². The highest BCUT2D eigenvalue weighted by Gasteiger charge is 2.36. The SMILES string of the molecule is Cc1c(C)c2c(c(C)c1O)CC[C@](C)(C(C)C)O2. The van der Waals surface area contributed by atoms with E-state index in [9.17, 15) is 5.11 Å². The minimum absolute atomic E-state index is 0.0897. The molecule has 1 N–H and O–H groups in total. The third-order valence-corrected chi connectivity index (χ3v) is 4.77. The zero-order valence-corrected chi connectivity index (χ0v) is 12.3. The molecular formula is C16H24O2. The molecular weight excluding hydrogens is 224 g/mol. The summed E-state index contributed by atoms with van der Waals surface area (Å²) in [7, 11) is 0. The summed E-state index contributed by atoms with van der Waals surface area (Å²) in [6.45, 7) is 12.6. The Bertz CT molecular complexity index is 489. The van der Waals surface area contributed by atoms with Crippen LogP contribution in [0.3, 0.4) is 0 Å². The molecule has 2 rings (SSSR count). The van der Waals surface area contributed by atoms with Gasteiger partial charge in [-0.3, -0.25) is 0 Å². The maximum Gasteiger partial charge on any atom is 0.127 e. The first-order valence-electron chi connectivity index (χ1n) is 6.78. The van der Waals surface area contributed by atoms with Crippen molar-refractivity contribution in [1.29, 1.82) is 0 Å². The summed E-state index contributed by atoms with van der Waals surface area (Å²) < 4.78 is 6.32. The van der Waals surface area contributed by atoms with Gasteiger partial charge in [-0.15, -0.1) is 0 Å². The molecule has 0 radical (unpaired) electrons. The quantitative estimate of drug-likeness (QED) is 0.812. The van der Waals surface area contributed by atoms with E-state index in [-0.39, 0.29) is 5.60 Å². The summed E-state index contributed by atoms with van der Waals surface area (Å²) in [6, 6.07) is 0. The first kappa shape index (κ1) is 13.3. The largest absolute Gasteiger partial charge is 0.507 e. The van der Waals surface area contributed by atoms with Gasteiger partial charge < -0.3 is 9.84 Å². The summed E-state index contributed by atoms with van der Waals surface area (Å²) in [6.07, 6.45) is 2.00. The summed E-state index contributed by atoms with van der Waals surface area (Å²) >= 11 is 0. The molecule has 1 atom stereocenters. The second-order valence-electron chi connectivity index (χ2n) is 6.10. The molecule has 0 bridgehead atoms. The van der Waals surface area contributed by atoms with Crippen LogP contribution < -0.4 is 4.74 Å². The Morgan fingerprint density at radius 1 is 1.11 bits per heavy atom. The lowest BCUT2D eigenvalue weighted by Crippen LogP contribution is -2.41. The molecule has 1 heterocycles. The van der Waals surface area contributed by atoms with Crippen molar-refractivity contribution in [3.05, 3.63) is 22.3 Å². The van der Waals surface area contributed by atoms with Crippen LogP contribution in [0.4, 0.5) is 0 Å². The Hall–Kier alpha value is -1.18. The Balaban J connectivity index is 2.57. The highest BCUT2D eigenvalue weighted by molar-refractivity contribution is 5.58. The molecule has 1 aliphatic heterocycles. The van der Waals surface area contributed by atoms with Crippen molar-refractivity contribution in [2.75, 3.05) is 0 Å². The maximum absolute atomic E-state index is 10.1. The van der Waals surface area contributed by atoms with E-state index < -0.39 is 0 Å². The van der Waals surface area contributed by atoms with E-state index in [1.807, 2.05) is 20.8 Å². The summed E-state index contributed by atoms with van der Waals surface area (Å²) in [4.78, 5) is 0. The summed E-state index contributed by atoms with van der Waals surface area (Å²) in [5.74, 6) is 1.92. The Morgan fingerprint density at radius 3 is 2.28 bits per heavy atom. The molecule has 0 amide bonds. The van der Waals surface area contributed by atoms with Crippen molar-refractivity contribution in [3.63, 3.8) is 0 Å². The average Bonchev–Trinajstić information content (AvgIpc) is 2.33. The molecule has 0 saturated carbocycles. The van der Waals surface area contributed by atoms with Gasteiger partial charge in [0.25, 0.3) is 0 Å². The Kier molecular flexibility index (Phi) is 3.08. The number of ether oxygens (including phenoxy) is 1. The van der Waals surface area contributed by atoms with E-state index in [2.05, 4.69) is 20.8 Å². The van der Waals surface area contributed by atoms with Crippen molar-refractivity contribution < 1.29 is 9.84 Å². The molecule has 0 aromatic heterocycles. The van der Waals surface area contributed by atoms with Crippen LogP contribution >= 0.6 is 0 Å². The minimum atomic E-state index is -0.0897. The van der Waals surface area contributed by atoms with Gasteiger partial charge in [-0.05, 0) is 63.1 Å². The lowest BCUT2D eigenvalue weighted by Gasteiger charge is -2.40. The molecule has 0 aliphatic carbocycles. The van der Waals surface area contributed by atoms with E-state index in [0.717, 1.165) is 35.3 Å². The van der Waals surface area contributed by atoms with Gasteiger partial charge in [0.2, 0.25) is 0 Å². The van der Waals surface area contributed by atoms with Crippen molar-refractivity contribution in [2.45, 2.75) is 60.0 Å². The number of hydrogen-bond donors (Lipinski definition) is 1. The molecule has 1 aromatic carbocycles. The number of hydrogen-bond acceptors (Lipinski definition) is 2. The second-order valence-corrected chi connectivity index (χ2v) is 6.10. The number of aromatic hydroxyl groups is 1. The third-order valence-electron chi connectivity index (χ3n) is 4.77. The number of phenolic OH excluding ortho intramolecular Hbond substituents is 1. The Morgan fingerprint density at radius 2 is 1.72 bits per heavy atom. The van der Waals surface area contributed by atoms with Crippen LogP contribution in [0, 0.1) is 26.7 Å². The molecule has 0 saturated heterocycles. The topological polar surface area (TPSA) is 29.5 Å². The van der Waals surface area contributed by atoms with Crippen LogP contribution in [0.5, 0.6) is 11.5 Å². The molecule has 1 aromatic rings. The Labute approximate surface area is 110 Å². The van der Waals surface area contributed by atoms with Crippen molar-refractivity contribution in [2.24, 2.45) is 5.92 Å². The highest BCUT2D eigenvalue weighted by atomic mass is 16.5. The van der Waals surface area contributed by atoms with Gasteiger partial charge in [-0.25, -0.2) is 0 Å². The molecule has 1 aliphatic rings. The predicted molar refractivity (Wildman–Crippen MR) is 74.5 cm³/mol. The van der Waals surface area contributed by atoms with Crippen molar-refractivity contribution in [1.82, 2.24) is 0 Å². The summed E-state index contributed by atoms with van der Waals surface area (Å²) in [5.41, 5.74) is 4.11. The maximum atomic E-state index is 10.1. The lowest BCUT2D eigenvalue weighted by atomic mass is 9.81. The van der Waals surface area contributed by atoms with Gasteiger partial charge in [0.1, 0.15) is 17.1 Å². The zero-order valence-electron chi connectivity index (χ0n) is 12.3. The van der Waals surface area contributed by atoms with Crippen LogP contribution in [0.2, 0.25) is 0 Å². The number of benzene rings is 1. The molecule has 0 unspecified atom stereocenters. The van der Waals surface area contributed by atoms with Crippen LogP contribution in [-0.2, 0) is 6.42 Å². The average molecular weight is 248 g/mol. The number of fused-ring (bicyclic) bond motifs is 1. The van der Waals surface area contributed by atoms with Gasteiger partial charge in [-0.2, -0.15) is 0 Å². The van der Waals surface area contributed by atoms with E-state index in [1.54, 1.807) is 0 Å². The van der Waals surface area contributed by atoms with Gasteiger partial charge in [-0.1, -0.05) is 13.8 Å². The minimum Gasteiger partial charge on any atom is -0.507 e. The number of rotatable bonds is 1. The van der Waals surface area contributed by atoms with E-state index in [1.165, 1.54) is 5.56 Å². The van der Waals surface area contributed by atoms with E-state index in [0.29, 0.717) is 11.7 Å². The van der Waals surface area contributed by atoms with Crippen LogP contribution in [0.25, 0.3) is 0 Å². The summed E-state index contributed by atoms with van der Waals surface area (Å²) in [5, 5.41) is 10.1. The van der Waals surface area contributed by atoms with Gasteiger partial charge in [0.15, 0.2) is 0 Å². The smallest absolute Gasteiger partial charge is 0.127 e. The fraction of sp³-hybridized carbons (Fsp3) is 0.625. The number of phenols is 1. The van der Waals surface area contributed by atoms with Crippen molar-refractivity contribution in [3.8, 4) is 11.5 Å². The monoisotopic (exact) mass is 248 g/mol. The lowest BCUT2D eigenvalue weighted by molar-refractivity contribution is 0.0191. The van der Waals surface area contributed by atoms with E-state index >= 15 is 0 Å². The molecule has 100 valence electrons. The fourth-order valence-corrected chi connectivity index (χ4v) is 2.67. The standard InChI is InChI=1S/C16H24O2/c1-9(2)16(6)8-7-13-12(5)14(17)10(3)11(4)15(13)18-16/h9,17H,7-8H2,1-6H3/t16-/m1/s1. The predicted octanol–water partition coefficient (Wildman–Crippen LogP) is 4.06. The first-order chi connectivity index (χ1) is 8.28. The highest BCUT2D eigenvalue weighted by Crippen LogP contribution is 2.44. The van der Waals surface area contributed by atoms with E-state index in [4.69, 9.17) is 4.74 Å². The molecule has 0 spiro atoms. The molecule has 2 heteroatoms. The molecule has 2 nitrogen and oxygen atoms in total. The van der Waals surface area contributed by atoms with Gasteiger partial charge in [0.05, 0.1) is 0 Å². The molecule has 18 heavy (non-hydrogen) atoms. The van der Waals surface area contributed by atoms with Crippen molar-refractivity contribution >= 4 is 0 Å². The fourth-order valence-electron chi connectivity index (χ4n) is 2.67. The van der Waals surface area contributed by atoms with Gasteiger partial charge >= 0.3 is 0 Å². The first-order valence-corrected chi connectivity index (χ1v) is 6.78. The van der Waals surface area contributed by atoms with Crippen LogP contribution in [0.15, 0.2) is 0 Å². The van der Waals surface area contributed by atoms with Crippen LogP contribution in [0.1, 0.15) is 49.4 Å². The normalized spacial score (nSPS) is 22.8. The molecule has 0 fully saturated rings.